The van der Waals surface area contributed by atoms with Crippen LogP contribution in [0.4, 0.5) is 0 Å². The number of amides is 2. The minimum Gasteiger partial charge on any atom is -0.355 e. The maximum absolute atomic E-state index is 12.5. The number of piperazine rings is 1. The van der Waals surface area contributed by atoms with Crippen LogP contribution in [0.3, 0.4) is 0 Å². The summed E-state index contributed by atoms with van der Waals surface area (Å²) >= 11 is 0. The summed E-state index contributed by atoms with van der Waals surface area (Å²) < 4.78 is 0. The molecule has 1 aliphatic carbocycles. The molecule has 0 aromatic heterocycles. The molecule has 0 radical (unpaired) electrons. The Balaban J connectivity index is 1.36. The molecule has 1 aliphatic heterocycles. The summed E-state index contributed by atoms with van der Waals surface area (Å²) in [5.74, 6) is 1.45. The zero-order chi connectivity index (χ0) is 20.6. The van der Waals surface area contributed by atoms with E-state index in [4.69, 9.17) is 0 Å². The van der Waals surface area contributed by atoms with Crippen molar-refractivity contribution in [3.05, 3.63) is 35.9 Å². The third kappa shape index (κ3) is 6.30. The number of rotatable bonds is 8. The standard InChI is InChI=1S/C24H37N3O2/c1-19(2)22(20-8-4-3-5-9-20)18-23(28)25-12-13-26-14-16-27(17-15-26)24(29)21-10-6-7-11-21/h3-5,8-9,19,21-22H,6-7,10-18H2,1-2H3,(H,25,28). The van der Waals surface area contributed by atoms with E-state index in [1.165, 1.54) is 18.4 Å². The molecule has 3 rings (SSSR count). The predicted octanol–water partition coefficient (Wildman–Crippen LogP) is 3.27. The van der Waals surface area contributed by atoms with Gasteiger partial charge in [0, 0.05) is 51.6 Å². The molecule has 0 bridgehead atoms. The highest BCUT2D eigenvalue weighted by Crippen LogP contribution is 2.28. The second-order valence-corrected chi connectivity index (χ2v) is 8.96. The Labute approximate surface area is 175 Å². The molecule has 1 heterocycles. The van der Waals surface area contributed by atoms with Crippen LogP contribution in [0.25, 0.3) is 0 Å². The normalized spacial score (nSPS) is 19.5. The van der Waals surface area contributed by atoms with Crippen molar-refractivity contribution < 1.29 is 9.59 Å². The minimum absolute atomic E-state index is 0.127. The van der Waals surface area contributed by atoms with Crippen LogP contribution in [-0.4, -0.2) is 60.9 Å². The van der Waals surface area contributed by atoms with Gasteiger partial charge in [-0.05, 0) is 30.2 Å². The number of hydrogen-bond acceptors (Lipinski definition) is 3. The van der Waals surface area contributed by atoms with Gasteiger partial charge < -0.3 is 10.2 Å². The Hall–Kier alpha value is -1.88. The first-order valence-corrected chi connectivity index (χ1v) is 11.4. The summed E-state index contributed by atoms with van der Waals surface area (Å²) in [6, 6.07) is 10.3. The van der Waals surface area contributed by atoms with Gasteiger partial charge in [0.25, 0.3) is 0 Å². The average Bonchev–Trinajstić information content (AvgIpc) is 3.27. The Kier molecular flexibility index (Phi) is 8.10. The first-order chi connectivity index (χ1) is 14.0. The fraction of sp³-hybridized carbons (Fsp3) is 0.667. The monoisotopic (exact) mass is 399 g/mol. The second kappa shape index (κ2) is 10.8. The highest BCUT2D eigenvalue weighted by Gasteiger charge is 2.29. The van der Waals surface area contributed by atoms with Crippen LogP contribution in [0.5, 0.6) is 0 Å². The predicted molar refractivity (Wildman–Crippen MR) is 117 cm³/mol. The van der Waals surface area contributed by atoms with Crippen LogP contribution in [0.15, 0.2) is 30.3 Å². The smallest absolute Gasteiger partial charge is 0.225 e. The molecule has 1 aromatic rings. The molecule has 2 aliphatic rings. The third-order valence-corrected chi connectivity index (χ3v) is 6.58. The zero-order valence-corrected chi connectivity index (χ0v) is 18.1. The topological polar surface area (TPSA) is 52.7 Å². The first kappa shape index (κ1) is 21.8. The lowest BCUT2D eigenvalue weighted by Gasteiger charge is -2.36. The minimum atomic E-state index is 0.127. The van der Waals surface area contributed by atoms with Crippen LogP contribution in [0, 0.1) is 11.8 Å². The van der Waals surface area contributed by atoms with Crippen LogP contribution in [0.2, 0.25) is 0 Å². The van der Waals surface area contributed by atoms with E-state index in [2.05, 4.69) is 41.1 Å². The molecule has 0 spiro atoms. The maximum atomic E-state index is 12.5. The quantitative estimate of drug-likeness (QED) is 0.730. The largest absolute Gasteiger partial charge is 0.355 e. The van der Waals surface area contributed by atoms with E-state index in [1.54, 1.807) is 0 Å². The Morgan fingerprint density at radius 3 is 2.31 bits per heavy atom. The fourth-order valence-corrected chi connectivity index (χ4v) is 4.69. The van der Waals surface area contributed by atoms with Gasteiger partial charge in [0.05, 0.1) is 0 Å². The molecule has 5 nitrogen and oxygen atoms in total. The van der Waals surface area contributed by atoms with Gasteiger partial charge in [0.2, 0.25) is 11.8 Å². The van der Waals surface area contributed by atoms with E-state index in [9.17, 15) is 9.59 Å². The molecule has 1 saturated carbocycles. The molecule has 5 heteroatoms. The molecule has 29 heavy (non-hydrogen) atoms. The molecular formula is C24H37N3O2. The van der Waals surface area contributed by atoms with Gasteiger partial charge >= 0.3 is 0 Å². The van der Waals surface area contributed by atoms with Crippen LogP contribution in [-0.2, 0) is 9.59 Å². The molecular weight excluding hydrogens is 362 g/mol. The van der Waals surface area contributed by atoms with Gasteiger partial charge in [0.1, 0.15) is 0 Å². The number of benzene rings is 1. The Morgan fingerprint density at radius 2 is 1.69 bits per heavy atom. The molecule has 1 aromatic carbocycles. The van der Waals surface area contributed by atoms with Crippen molar-refractivity contribution in [2.75, 3.05) is 39.3 Å². The highest BCUT2D eigenvalue weighted by molar-refractivity contribution is 5.79. The van der Waals surface area contributed by atoms with Crippen molar-refractivity contribution in [2.24, 2.45) is 11.8 Å². The van der Waals surface area contributed by atoms with E-state index in [0.29, 0.717) is 24.8 Å². The Bertz CT molecular complexity index is 647. The van der Waals surface area contributed by atoms with E-state index < -0.39 is 0 Å². The number of carbonyl (C=O) groups excluding carboxylic acids is 2. The summed E-state index contributed by atoms with van der Waals surface area (Å²) in [7, 11) is 0. The van der Waals surface area contributed by atoms with Crippen molar-refractivity contribution in [1.82, 2.24) is 15.1 Å². The van der Waals surface area contributed by atoms with Crippen molar-refractivity contribution in [3.63, 3.8) is 0 Å². The lowest BCUT2D eigenvalue weighted by molar-refractivity contribution is -0.137. The molecule has 1 N–H and O–H groups in total. The average molecular weight is 400 g/mol. The van der Waals surface area contributed by atoms with E-state index in [0.717, 1.165) is 45.6 Å². The molecule has 1 saturated heterocycles. The van der Waals surface area contributed by atoms with Gasteiger partial charge in [-0.15, -0.1) is 0 Å². The second-order valence-electron chi connectivity index (χ2n) is 8.96. The molecule has 1 unspecified atom stereocenters. The fourth-order valence-electron chi connectivity index (χ4n) is 4.69. The molecule has 160 valence electrons. The van der Waals surface area contributed by atoms with Gasteiger partial charge in [0.15, 0.2) is 0 Å². The lowest BCUT2D eigenvalue weighted by atomic mass is 9.85. The number of nitrogens with one attached hydrogen (secondary N) is 1. The molecule has 1 atom stereocenters. The lowest BCUT2D eigenvalue weighted by Crippen LogP contribution is -2.51. The van der Waals surface area contributed by atoms with Gasteiger partial charge in [-0.3, -0.25) is 14.5 Å². The van der Waals surface area contributed by atoms with Crippen molar-refractivity contribution in [2.45, 2.75) is 51.9 Å². The van der Waals surface area contributed by atoms with Crippen molar-refractivity contribution >= 4 is 11.8 Å². The number of nitrogens with zero attached hydrogens (tertiary/aromatic N) is 2. The van der Waals surface area contributed by atoms with Crippen molar-refractivity contribution in [3.8, 4) is 0 Å². The summed E-state index contributed by atoms with van der Waals surface area (Å²) in [6.45, 7) is 9.36. The summed E-state index contributed by atoms with van der Waals surface area (Å²) in [4.78, 5) is 29.4. The van der Waals surface area contributed by atoms with E-state index in [1.807, 2.05) is 18.2 Å². The summed E-state index contributed by atoms with van der Waals surface area (Å²) in [6.07, 6.45) is 5.10. The van der Waals surface area contributed by atoms with Crippen LogP contribution < -0.4 is 5.32 Å². The third-order valence-electron chi connectivity index (χ3n) is 6.58. The zero-order valence-electron chi connectivity index (χ0n) is 18.1. The van der Waals surface area contributed by atoms with Gasteiger partial charge in [-0.2, -0.15) is 0 Å². The SMILES string of the molecule is CC(C)C(CC(=O)NCCN1CCN(C(=O)C2CCCC2)CC1)c1ccccc1. The van der Waals surface area contributed by atoms with Gasteiger partial charge in [-0.25, -0.2) is 0 Å². The number of hydrogen-bond donors (Lipinski definition) is 1. The molecule has 2 amide bonds. The van der Waals surface area contributed by atoms with E-state index in [-0.39, 0.29) is 17.7 Å². The van der Waals surface area contributed by atoms with Crippen molar-refractivity contribution in [1.29, 1.82) is 0 Å². The highest BCUT2D eigenvalue weighted by atomic mass is 16.2. The maximum Gasteiger partial charge on any atom is 0.225 e. The number of carbonyl (C=O) groups is 2. The summed E-state index contributed by atoms with van der Waals surface area (Å²) in [5, 5.41) is 3.10. The first-order valence-electron chi connectivity index (χ1n) is 11.4. The van der Waals surface area contributed by atoms with Gasteiger partial charge in [-0.1, -0.05) is 57.0 Å². The van der Waals surface area contributed by atoms with Crippen LogP contribution >= 0.6 is 0 Å². The Morgan fingerprint density at radius 1 is 1.03 bits per heavy atom. The molecule has 2 fully saturated rings. The van der Waals surface area contributed by atoms with E-state index >= 15 is 0 Å². The summed E-state index contributed by atoms with van der Waals surface area (Å²) in [5.41, 5.74) is 1.24. The van der Waals surface area contributed by atoms with Crippen LogP contribution in [0.1, 0.15) is 57.4 Å².